The highest BCUT2D eigenvalue weighted by Crippen LogP contribution is 2.33. The Hall–Kier alpha value is -1.28. The normalized spacial score (nSPS) is 13.2. The molecule has 28 heavy (non-hydrogen) atoms. The van der Waals surface area contributed by atoms with E-state index in [1.807, 2.05) is 47.7 Å². The molecule has 0 saturated heterocycles. The molecule has 4 rings (SSSR count). The SMILES string of the molecule is Cc1ccc2c3c(cccc13)C(=O)N(OC(=O)c1c(I)ccc(I)c1I)C2=O. The molecule has 1 aliphatic rings. The fourth-order valence-electron chi connectivity index (χ4n) is 3.15. The third kappa shape index (κ3) is 3.12. The molecular weight excluding hydrogens is 699 g/mol. The monoisotopic (exact) mass is 709 g/mol. The zero-order valence-corrected chi connectivity index (χ0v) is 20.7. The number of carbonyl (C=O) groups excluding carboxylic acids is 3. The average molecular weight is 709 g/mol. The Bertz CT molecular complexity index is 1180. The maximum absolute atomic E-state index is 13.0. The van der Waals surface area contributed by atoms with Gasteiger partial charge in [-0.15, -0.1) is 0 Å². The molecule has 1 aliphatic heterocycles. The summed E-state index contributed by atoms with van der Waals surface area (Å²) in [7, 11) is 0. The summed E-state index contributed by atoms with van der Waals surface area (Å²) < 4.78 is 2.28. The number of hydrogen-bond donors (Lipinski definition) is 0. The van der Waals surface area contributed by atoms with Crippen molar-refractivity contribution in [2.75, 3.05) is 0 Å². The summed E-state index contributed by atoms with van der Waals surface area (Å²) in [6, 6.07) is 12.4. The Kier molecular flexibility index (Phi) is 5.37. The molecule has 0 saturated carbocycles. The van der Waals surface area contributed by atoms with Crippen molar-refractivity contribution in [3.63, 3.8) is 0 Å². The topological polar surface area (TPSA) is 63.7 Å². The highest BCUT2D eigenvalue weighted by molar-refractivity contribution is 14.1. The molecule has 0 aromatic heterocycles. The van der Waals surface area contributed by atoms with Gasteiger partial charge in [0.15, 0.2) is 0 Å². The Balaban J connectivity index is 1.78. The van der Waals surface area contributed by atoms with Crippen LogP contribution < -0.4 is 0 Å². The number of carbonyl (C=O) groups is 3. The minimum Gasteiger partial charge on any atom is -0.324 e. The summed E-state index contributed by atoms with van der Waals surface area (Å²) in [5, 5.41) is 2.01. The molecule has 0 spiro atoms. The van der Waals surface area contributed by atoms with Gasteiger partial charge in [-0.25, -0.2) is 4.79 Å². The number of aryl methyl sites for hydroxylation is 1. The first-order chi connectivity index (χ1) is 13.3. The van der Waals surface area contributed by atoms with E-state index in [9.17, 15) is 14.4 Å². The predicted octanol–water partition coefficient (Wildman–Crippen LogP) is 5.33. The molecule has 0 atom stereocenters. The van der Waals surface area contributed by atoms with Gasteiger partial charge < -0.3 is 4.84 Å². The van der Waals surface area contributed by atoms with E-state index in [1.165, 1.54) is 0 Å². The molecular formula is C20H10I3NO4. The Morgan fingerprint density at radius 2 is 1.54 bits per heavy atom. The number of rotatable bonds is 2. The van der Waals surface area contributed by atoms with Crippen LogP contribution in [0.5, 0.6) is 0 Å². The molecule has 1 heterocycles. The summed E-state index contributed by atoms with van der Waals surface area (Å²) in [6.45, 7) is 1.92. The Morgan fingerprint density at radius 3 is 2.25 bits per heavy atom. The average Bonchev–Trinajstić information content (AvgIpc) is 2.67. The molecule has 2 amide bonds. The lowest BCUT2D eigenvalue weighted by Gasteiger charge is -2.26. The lowest BCUT2D eigenvalue weighted by atomic mass is 9.92. The summed E-state index contributed by atoms with van der Waals surface area (Å²) in [4.78, 5) is 44.0. The van der Waals surface area contributed by atoms with Crippen LogP contribution in [0.3, 0.4) is 0 Å². The van der Waals surface area contributed by atoms with Gasteiger partial charge in [0, 0.05) is 16.1 Å². The van der Waals surface area contributed by atoms with E-state index in [-0.39, 0.29) is 0 Å². The Morgan fingerprint density at radius 1 is 0.893 bits per heavy atom. The van der Waals surface area contributed by atoms with E-state index in [1.54, 1.807) is 24.3 Å². The van der Waals surface area contributed by atoms with Crippen LogP contribution in [-0.4, -0.2) is 22.8 Å². The number of hydrogen-bond acceptors (Lipinski definition) is 4. The summed E-state index contributed by atoms with van der Waals surface area (Å²) in [5.41, 5.74) is 1.99. The van der Waals surface area contributed by atoms with E-state index in [0.29, 0.717) is 34.3 Å². The zero-order chi connectivity index (χ0) is 20.2. The molecule has 0 fully saturated rings. The third-order valence-electron chi connectivity index (χ3n) is 4.51. The second-order valence-corrected chi connectivity index (χ2v) is 9.56. The van der Waals surface area contributed by atoms with Crippen molar-refractivity contribution in [2.45, 2.75) is 6.92 Å². The van der Waals surface area contributed by atoms with Gasteiger partial charge in [-0.1, -0.05) is 23.3 Å². The molecule has 0 bridgehead atoms. The zero-order valence-electron chi connectivity index (χ0n) is 14.3. The van der Waals surface area contributed by atoms with E-state index in [0.717, 1.165) is 14.5 Å². The lowest BCUT2D eigenvalue weighted by Crippen LogP contribution is -2.42. The smallest absolute Gasteiger partial charge is 0.324 e. The van der Waals surface area contributed by atoms with Gasteiger partial charge in [-0.3, -0.25) is 9.59 Å². The quantitative estimate of drug-likeness (QED) is 0.205. The number of amides is 2. The number of benzene rings is 3. The van der Waals surface area contributed by atoms with Crippen LogP contribution in [-0.2, 0) is 4.84 Å². The molecule has 5 nitrogen and oxygen atoms in total. The van der Waals surface area contributed by atoms with E-state index >= 15 is 0 Å². The van der Waals surface area contributed by atoms with Crippen molar-refractivity contribution < 1.29 is 19.2 Å². The molecule has 0 unspecified atom stereocenters. The molecule has 3 aromatic carbocycles. The summed E-state index contributed by atoms with van der Waals surface area (Å²) in [6.07, 6.45) is 0. The molecule has 0 N–H and O–H groups in total. The first-order valence-electron chi connectivity index (χ1n) is 8.08. The Labute approximate surface area is 201 Å². The fraction of sp³-hybridized carbons (Fsp3) is 0.0500. The van der Waals surface area contributed by atoms with E-state index < -0.39 is 17.8 Å². The second kappa shape index (κ2) is 7.52. The van der Waals surface area contributed by atoms with Crippen LogP contribution in [0, 0.1) is 17.6 Å². The number of halogens is 3. The predicted molar refractivity (Wildman–Crippen MR) is 129 cm³/mol. The maximum Gasteiger partial charge on any atom is 0.366 e. The fourth-order valence-corrected chi connectivity index (χ4v) is 5.47. The number of imide groups is 1. The van der Waals surface area contributed by atoms with Crippen molar-refractivity contribution in [3.05, 3.63) is 75.4 Å². The van der Waals surface area contributed by atoms with Gasteiger partial charge >= 0.3 is 5.97 Å². The minimum absolute atomic E-state index is 0.335. The number of hydroxylamine groups is 2. The van der Waals surface area contributed by atoms with Gasteiger partial charge in [-0.05, 0) is 110 Å². The second-order valence-electron chi connectivity index (χ2n) is 6.16. The minimum atomic E-state index is -0.739. The van der Waals surface area contributed by atoms with Crippen molar-refractivity contribution in [1.82, 2.24) is 5.06 Å². The van der Waals surface area contributed by atoms with E-state index in [4.69, 9.17) is 4.84 Å². The van der Waals surface area contributed by atoms with Crippen LogP contribution in [0.1, 0.15) is 36.6 Å². The van der Waals surface area contributed by atoms with Gasteiger partial charge in [0.05, 0.1) is 16.7 Å². The highest BCUT2D eigenvalue weighted by atomic mass is 127. The molecule has 3 aromatic rings. The van der Waals surface area contributed by atoms with Crippen LogP contribution in [0.4, 0.5) is 0 Å². The van der Waals surface area contributed by atoms with Crippen molar-refractivity contribution >= 4 is 96.3 Å². The molecule has 0 radical (unpaired) electrons. The van der Waals surface area contributed by atoms with Gasteiger partial charge in [0.2, 0.25) is 0 Å². The lowest BCUT2D eigenvalue weighted by molar-refractivity contribution is -0.0622. The van der Waals surface area contributed by atoms with Crippen molar-refractivity contribution in [1.29, 1.82) is 0 Å². The van der Waals surface area contributed by atoms with Gasteiger partial charge in [0.1, 0.15) is 0 Å². The summed E-state index contributed by atoms with van der Waals surface area (Å²) in [5.74, 6) is -2.02. The molecule has 140 valence electrons. The standard InChI is InChI=1S/C20H10I3NO4/c1-9-5-6-12-15-10(9)3-2-4-11(15)18(25)24(19(12)26)28-20(27)16-13(21)7-8-14(22)17(16)23/h2-8H,1H3. The maximum atomic E-state index is 13.0. The summed E-state index contributed by atoms with van der Waals surface area (Å²) >= 11 is 6.21. The number of nitrogens with zero attached hydrogens (tertiary/aromatic N) is 1. The largest absolute Gasteiger partial charge is 0.366 e. The first-order valence-corrected chi connectivity index (χ1v) is 11.3. The van der Waals surface area contributed by atoms with Gasteiger partial charge in [0.25, 0.3) is 11.8 Å². The van der Waals surface area contributed by atoms with Crippen LogP contribution in [0.15, 0.2) is 42.5 Å². The third-order valence-corrected chi connectivity index (χ3v) is 8.46. The van der Waals surface area contributed by atoms with Crippen LogP contribution >= 0.6 is 67.8 Å². The molecule has 0 aliphatic carbocycles. The van der Waals surface area contributed by atoms with Crippen LogP contribution in [0.25, 0.3) is 10.8 Å². The van der Waals surface area contributed by atoms with Crippen molar-refractivity contribution in [3.8, 4) is 0 Å². The van der Waals surface area contributed by atoms with E-state index in [2.05, 4.69) is 45.2 Å². The van der Waals surface area contributed by atoms with Crippen molar-refractivity contribution in [2.24, 2.45) is 0 Å². The highest BCUT2D eigenvalue weighted by Gasteiger charge is 2.37. The van der Waals surface area contributed by atoms with Crippen LogP contribution in [0.2, 0.25) is 0 Å². The molecule has 8 heteroatoms. The van der Waals surface area contributed by atoms with Gasteiger partial charge in [-0.2, -0.15) is 0 Å². The first kappa shape index (κ1) is 20.0.